The van der Waals surface area contributed by atoms with Gasteiger partial charge in [-0.05, 0) is 19.4 Å². The Balaban J connectivity index is 3.50. The van der Waals surface area contributed by atoms with Gasteiger partial charge in [-0.25, -0.2) is 0 Å². The van der Waals surface area contributed by atoms with E-state index in [-0.39, 0.29) is 0 Å². The molecule has 0 radical (unpaired) electrons. The zero-order valence-electron chi connectivity index (χ0n) is 7.39. The summed E-state index contributed by atoms with van der Waals surface area (Å²) in [5.74, 6) is 0. The summed E-state index contributed by atoms with van der Waals surface area (Å²) in [5.41, 5.74) is 0.583. The van der Waals surface area contributed by atoms with Crippen molar-refractivity contribution in [1.29, 1.82) is 0 Å². The molecule has 0 rings (SSSR count). The van der Waals surface area contributed by atoms with Crippen molar-refractivity contribution in [3.63, 3.8) is 0 Å². The molecule has 0 saturated carbocycles. The van der Waals surface area contributed by atoms with E-state index in [1.165, 1.54) is 0 Å². The van der Waals surface area contributed by atoms with Gasteiger partial charge in [-0.2, -0.15) is 0 Å². The topological polar surface area (TPSA) is 18.5 Å². The minimum absolute atomic E-state index is 0.583. The van der Waals surface area contributed by atoms with Crippen molar-refractivity contribution in [2.24, 2.45) is 0 Å². The van der Waals surface area contributed by atoms with Crippen LogP contribution in [0.2, 0.25) is 5.54 Å². The molecule has 62 valence electrons. The highest BCUT2D eigenvalue weighted by Gasteiger charge is 2.15. The van der Waals surface area contributed by atoms with Gasteiger partial charge in [0.1, 0.15) is 0 Å². The fraction of sp³-hybridized carbons (Fsp3) is 1.00. The predicted molar refractivity (Wildman–Crippen MR) is 45.5 cm³/mol. The van der Waals surface area contributed by atoms with Gasteiger partial charge in [0, 0.05) is 13.2 Å². The van der Waals surface area contributed by atoms with Crippen LogP contribution in [0.3, 0.4) is 0 Å². The molecule has 0 heterocycles. The first kappa shape index (κ1) is 10.1. The standard InChI is InChI=1S/C7H18O2Si/c1-5-8-10(7(3)4)9-6-2/h7,10H,5-6H2,1-4H3. The van der Waals surface area contributed by atoms with E-state index >= 15 is 0 Å². The van der Waals surface area contributed by atoms with E-state index in [1.807, 2.05) is 13.8 Å². The highest BCUT2D eigenvalue weighted by molar-refractivity contribution is 6.46. The Morgan fingerprint density at radius 2 is 1.50 bits per heavy atom. The average Bonchev–Trinajstić information content (AvgIpc) is 1.87. The van der Waals surface area contributed by atoms with Crippen molar-refractivity contribution in [1.82, 2.24) is 0 Å². The van der Waals surface area contributed by atoms with Gasteiger partial charge in [-0.1, -0.05) is 13.8 Å². The van der Waals surface area contributed by atoms with E-state index in [0.717, 1.165) is 13.2 Å². The average molecular weight is 162 g/mol. The summed E-state index contributed by atoms with van der Waals surface area (Å²) in [7, 11) is -1.31. The van der Waals surface area contributed by atoms with Crippen LogP contribution in [-0.2, 0) is 8.85 Å². The third-order valence-electron chi connectivity index (χ3n) is 1.21. The van der Waals surface area contributed by atoms with Gasteiger partial charge in [-0.15, -0.1) is 0 Å². The van der Waals surface area contributed by atoms with Crippen LogP contribution in [0.1, 0.15) is 27.7 Å². The van der Waals surface area contributed by atoms with Crippen molar-refractivity contribution in [3.8, 4) is 0 Å². The first-order valence-corrected chi connectivity index (χ1v) is 5.56. The molecule has 0 bridgehead atoms. The van der Waals surface area contributed by atoms with Gasteiger partial charge in [0.25, 0.3) is 0 Å². The van der Waals surface area contributed by atoms with E-state index < -0.39 is 9.28 Å². The Morgan fingerprint density at radius 1 is 1.10 bits per heavy atom. The van der Waals surface area contributed by atoms with Gasteiger partial charge in [0.15, 0.2) is 0 Å². The summed E-state index contributed by atoms with van der Waals surface area (Å²) < 4.78 is 10.9. The maximum absolute atomic E-state index is 5.46. The largest absolute Gasteiger partial charge is 0.397 e. The van der Waals surface area contributed by atoms with Crippen LogP contribution in [0.5, 0.6) is 0 Å². The van der Waals surface area contributed by atoms with E-state index in [4.69, 9.17) is 8.85 Å². The molecule has 0 aromatic heterocycles. The number of hydrogen-bond acceptors (Lipinski definition) is 2. The van der Waals surface area contributed by atoms with Crippen LogP contribution >= 0.6 is 0 Å². The molecule has 10 heavy (non-hydrogen) atoms. The van der Waals surface area contributed by atoms with Gasteiger partial charge >= 0.3 is 9.28 Å². The van der Waals surface area contributed by atoms with Gasteiger partial charge in [0.05, 0.1) is 0 Å². The molecule has 0 aliphatic heterocycles. The van der Waals surface area contributed by atoms with Crippen LogP contribution in [-0.4, -0.2) is 22.5 Å². The Morgan fingerprint density at radius 3 is 1.70 bits per heavy atom. The van der Waals surface area contributed by atoms with Gasteiger partial charge < -0.3 is 8.85 Å². The minimum atomic E-state index is -1.31. The van der Waals surface area contributed by atoms with Crippen LogP contribution in [0.25, 0.3) is 0 Å². The lowest BCUT2D eigenvalue weighted by atomic mass is 10.6. The van der Waals surface area contributed by atoms with Crippen molar-refractivity contribution in [2.75, 3.05) is 13.2 Å². The second-order valence-electron chi connectivity index (χ2n) is 2.52. The highest BCUT2D eigenvalue weighted by Crippen LogP contribution is 2.09. The van der Waals surface area contributed by atoms with E-state index in [9.17, 15) is 0 Å². The molecule has 0 aliphatic rings. The maximum Gasteiger partial charge on any atom is 0.324 e. The van der Waals surface area contributed by atoms with E-state index in [0.29, 0.717) is 5.54 Å². The third-order valence-corrected chi connectivity index (χ3v) is 3.62. The van der Waals surface area contributed by atoms with Crippen molar-refractivity contribution in [3.05, 3.63) is 0 Å². The van der Waals surface area contributed by atoms with Gasteiger partial charge in [0.2, 0.25) is 0 Å². The molecule has 0 saturated heterocycles. The molecule has 0 atom stereocenters. The Labute approximate surface area is 65.4 Å². The number of rotatable bonds is 5. The second-order valence-corrected chi connectivity index (χ2v) is 5.26. The highest BCUT2D eigenvalue weighted by atomic mass is 28.3. The fourth-order valence-electron chi connectivity index (χ4n) is 0.762. The molecule has 0 amide bonds. The fourth-order valence-corrected chi connectivity index (χ4v) is 2.28. The Hall–Kier alpha value is 0.137. The Bertz CT molecular complexity index is 70.0. The van der Waals surface area contributed by atoms with E-state index in [1.54, 1.807) is 0 Å². The molecule has 0 unspecified atom stereocenters. The predicted octanol–water partition coefficient (Wildman–Crippen LogP) is 1.69. The second kappa shape index (κ2) is 5.89. The maximum atomic E-state index is 5.46. The molecule has 0 fully saturated rings. The third kappa shape index (κ3) is 4.03. The lowest BCUT2D eigenvalue weighted by molar-refractivity contribution is 0.207. The monoisotopic (exact) mass is 162 g/mol. The van der Waals surface area contributed by atoms with E-state index in [2.05, 4.69) is 13.8 Å². The van der Waals surface area contributed by atoms with Crippen LogP contribution in [0.15, 0.2) is 0 Å². The molecule has 0 N–H and O–H groups in total. The normalized spacial score (nSPS) is 11.4. The molecule has 0 aromatic rings. The molecule has 0 spiro atoms. The summed E-state index contributed by atoms with van der Waals surface area (Å²) in [6, 6.07) is 0. The summed E-state index contributed by atoms with van der Waals surface area (Å²) in [4.78, 5) is 0. The minimum Gasteiger partial charge on any atom is -0.397 e. The van der Waals surface area contributed by atoms with Gasteiger partial charge in [-0.3, -0.25) is 0 Å². The lowest BCUT2D eigenvalue weighted by Gasteiger charge is -2.17. The molecular formula is C7H18O2Si. The summed E-state index contributed by atoms with van der Waals surface area (Å²) in [5, 5.41) is 0. The first-order chi connectivity index (χ1) is 4.72. The molecule has 0 aromatic carbocycles. The van der Waals surface area contributed by atoms with Crippen LogP contribution in [0.4, 0.5) is 0 Å². The smallest absolute Gasteiger partial charge is 0.324 e. The van der Waals surface area contributed by atoms with Crippen molar-refractivity contribution < 1.29 is 8.85 Å². The molecule has 0 aliphatic carbocycles. The Kier molecular flexibility index (Phi) is 5.97. The summed E-state index contributed by atoms with van der Waals surface area (Å²) in [6.07, 6.45) is 0. The zero-order valence-corrected chi connectivity index (χ0v) is 8.54. The summed E-state index contributed by atoms with van der Waals surface area (Å²) >= 11 is 0. The first-order valence-electron chi connectivity index (χ1n) is 3.95. The summed E-state index contributed by atoms with van der Waals surface area (Å²) in [6.45, 7) is 9.91. The quantitative estimate of drug-likeness (QED) is 0.573. The van der Waals surface area contributed by atoms with Crippen molar-refractivity contribution in [2.45, 2.75) is 33.2 Å². The number of hydrogen-bond donors (Lipinski definition) is 0. The molecule has 3 heteroatoms. The van der Waals surface area contributed by atoms with Crippen molar-refractivity contribution >= 4 is 9.28 Å². The van der Waals surface area contributed by atoms with Crippen LogP contribution < -0.4 is 0 Å². The SMILES string of the molecule is CCO[SiH](OCC)C(C)C. The molecule has 2 nitrogen and oxygen atoms in total. The molecular weight excluding hydrogens is 144 g/mol. The van der Waals surface area contributed by atoms with Crippen LogP contribution in [0, 0.1) is 0 Å². The zero-order chi connectivity index (χ0) is 7.98. The lowest BCUT2D eigenvalue weighted by Crippen LogP contribution is -2.26.